The minimum absolute atomic E-state index is 0.0219. The van der Waals surface area contributed by atoms with Gasteiger partial charge in [0.25, 0.3) is 0 Å². The summed E-state index contributed by atoms with van der Waals surface area (Å²) in [6.45, 7) is 13.5. The molecule has 0 aromatic carbocycles. The number of nitrogens with zero attached hydrogens (tertiary/aromatic N) is 2. The monoisotopic (exact) mass is 876 g/mol. The number of rotatable bonds is 14. The van der Waals surface area contributed by atoms with Crippen LogP contribution in [0, 0.1) is 17.8 Å². The van der Waals surface area contributed by atoms with Crippen LogP contribution in [0.4, 0.5) is 0 Å². The lowest BCUT2D eigenvalue weighted by Gasteiger charge is -2.50. The van der Waals surface area contributed by atoms with Crippen LogP contribution in [-0.2, 0) is 54.1 Å². The summed E-state index contributed by atoms with van der Waals surface area (Å²) < 4.78 is 43.3. The van der Waals surface area contributed by atoms with Crippen LogP contribution in [0.1, 0.15) is 92.6 Å². The van der Waals surface area contributed by atoms with E-state index in [9.17, 15) is 29.7 Å². The van der Waals surface area contributed by atoms with Crippen molar-refractivity contribution >= 4 is 17.7 Å². The van der Waals surface area contributed by atoms with E-state index in [1.165, 1.54) is 13.2 Å². The molecule has 3 aliphatic heterocycles. The number of aliphatic hydroxyl groups excluding tert-OH is 2. The van der Waals surface area contributed by atoms with E-state index in [0.717, 1.165) is 5.56 Å². The highest BCUT2D eigenvalue weighted by Gasteiger charge is 2.52. The number of ketones is 1. The molecule has 4 N–H and O–H groups in total. The van der Waals surface area contributed by atoms with E-state index in [2.05, 4.69) is 10.3 Å². The maximum absolute atomic E-state index is 13.5. The molecule has 62 heavy (non-hydrogen) atoms. The molecule has 0 saturated carbocycles. The van der Waals surface area contributed by atoms with E-state index >= 15 is 0 Å². The Morgan fingerprint density at radius 2 is 1.79 bits per heavy atom. The van der Waals surface area contributed by atoms with Crippen LogP contribution in [-0.4, -0.2) is 150 Å². The first-order valence-corrected chi connectivity index (χ1v) is 22.1. The Morgan fingerprint density at radius 1 is 1.05 bits per heavy atom. The van der Waals surface area contributed by atoms with Crippen molar-refractivity contribution in [3.63, 3.8) is 0 Å². The number of allylic oxidation sites excluding steroid dienone is 3. The van der Waals surface area contributed by atoms with E-state index in [1.807, 2.05) is 39.0 Å². The summed E-state index contributed by atoms with van der Waals surface area (Å²) in [5, 5.41) is 38.9. The number of esters is 2. The number of ether oxygens (including phenoxy) is 7. The molecular formula is C46H73N3O13. The second-order valence-electron chi connectivity index (χ2n) is 18.1. The average Bonchev–Trinajstić information content (AvgIpc) is 3.18. The van der Waals surface area contributed by atoms with Crippen LogP contribution in [0.25, 0.3) is 0 Å². The lowest BCUT2D eigenvalue weighted by Crippen LogP contribution is -2.66. The van der Waals surface area contributed by atoms with Crippen molar-refractivity contribution in [2.75, 3.05) is 27.7 Å². The van der Waals surface area contributed by atoms with Gasteiger partial charge in [-0.05, 0) is 90.7 Å². The van der Waals surface area contributed by atoms with Crippen molar-refractivity contribution in [1.29, 1.82) is 0 Å². The predicted octanol–water partition coefficient (Wildman–Crippen LogP) is 3.64. The molecule has 3 aliphatic rings. The lowest BCUT2D eigenvalue weighted by molar-refractivity contribution is -0.344. The summed E-state index contributed by atoms with van der Waals surface area (Å²) in [7, 11) is 4.99. The summed E-state index contributed by atoms with van der Waals surface area (Å²) in [6.07, 6.45) is 0.482. The Balaban J connectivity index is 1.63. The van der Waals surface area contributed by atoms with Crippen molar-refractivity contribution in [2.24, 2.45) is 17.8 Å². The zero-order valence-electron chi connectivity index (χ0n) is 38.3. The molecule has 350 valence electrons. The normalized spacial score (nSPS) is 37.8. The number of hydrogen-bond acceptors (Lipinski definition) is 16. The Hall–Kier alpha value is -3.16. The van der Waals surface area contributed by atoms with E-state index in [1.54, 1.807) is 71.2 Å². The number of hydrogen-bond donors (Lipinski definition) is 4. The molecule has 0 radical (unpaired) electrons. The first kappa shape index (κ1) is 51.5. The maximum atomic E-state index is 13.5. The first-order valence-electron chi connectivity index (χ1n) is 22.1. The standard InChI is InChI=1S/C46H73N3O13/c1-27(2)21-36(52)60-44-31(6)58-38(24-46(44,7)55)61-41-30(5)59-45(40(54)39(41)49(8)9)62-42-33(18-20-48-26-32-16-14-19-47-25-32)22-28(3)34(50)17-13-11-12-15-29(4)57-37(53)23-35(51)43(42)56-10/h11-14,16-17,19,25,27-31,33,35,38-45,48,51,54-55H,15,18,20-24,26H2,1-10H3/b12-11+,17-13+/t28-,29-,30-,31+,33+,35+,38+,39-,40-,41-,42+,43+,44+,45+,46-/m1/s1. The molecule has 1 aromatic heterocycles. The summed E-state index contributed by atoms with van der Waals surface area (Å²) in [5.74, 6) is -2.01. The SMILES string of the molecule is CO[C@@H]1[C@@H](O[C@@H]2O[C@H](C)[C@@H](O[C@H]3C[C@@](C)(O)[C@@H](OC(=O)CC(C)C)[C@H](C)O3)[C@H](N(C)C)[C@H]2O)[C@@H](CCNCc2cccnc2)C[C@@H](C)C(=O)/C=C/C=C/C[C@@H](C)OC(=O)C[C@@H]1O. The average molecular weight is 876 g/mol. The summed E-state index contributed by atoms with van der Waals surface area (Å²) in [4.78, 5) is 45.2. The zero-order valence-corrected chi connectivity index (χ0v) is 38.3. The van der Waals surface area contributed by atoms with Gasteiger partial charge in [-0.2, -0.15) is 0 Å². The lowest BCUT2D eigenvalue weighted by atomic mass is 9.82. The van der Waals surface area contributed by atoms with Gasteiger partial charge in [0, 0.05) is 51.2 Å². The van der Waals surface area contributed by atoms with Crippen molar-refractivity contribution < 1.29 is 62.9 Å². The van der Waals surface area contributed by atoms with Gasteiger partial charge in [0.05, 0.1) is 36.9 Å². The number of aromatic nitrogens is 1. The number of likely N-dealkylation sites (N-methyl/N-ethyl adjacent to an activating group) is 1. The zero-order chi connectivity index (χ0) is 45.7. The summed E-state index contributed by atoms with van der Waals surface area (Å²) in [6, 6.07) is 3.09. The Labute approximate surface area is 367 Å². The fourth-order valence-corrected chi connectivity index (χ4v) is 8.63. The van der Waals surface area contributed by atoms with Gasteiger partial charge < -0.3 is 58.7 Å². The topological polar surface area (TPSA) is 205 Å². The second kappa shape index (κ2) is 24.2. The van der Waals surface area contributed by atoms with E-state index < -0.39 is 109 Å². The van der Waals surface area contributed by atoms with Gasteiger partial charge in [0.2, 0.25) is 0 Å². The molecule has 2 fully saturated rings. The molecule has 0 bridgehead atoms. The molecule has 4 heterocycles. The van der Waals surface area contributed by atoms with Gasteiger partial charge in [0.1, 0.15) is 30.0 Å². The third-order valence-electron chi connectivity index (χ3n) is 11.8. The summed E-state index contributed by atoms with van der Waals surface area (Å²) in [5.41, 5.74) is -0.498. The van der Waals surface area contributed by atoms with Crippen molar-refractivity contribution in [2.45, 2.75) is 173 Å². The number of methoxy groups -OCH3 is 1. The molecule has 16 nitrogen and oxygen atoms in total. The highest BCUT2D eigenvalue weighted by molar-refractivity contribution is 5.91. The van der Waals surface area contributed by atoms with Crippen molar-refractivity contribution in [3.8, 4) is 0 Å². The van der Waals surface area contributed by atoms with Crippen LogP contribution >= 0.6 is 0 Å². The molecule has 4 rings (SSSR count). The highest BCUT2D eigenvalue weighted by atomic mass is 16.7. The second-order valence-corrected chi connectivity index (χ2v) is 18.1. The molecule has 16 heteroatoms. The molecule has 0 amide bonds. The Bertz CT molecular complexity index is 1610. The van der Waals surface area contributed by atoms with Crippen LogP contribution < -0.4 is 5.32 Å². The fourth-order valence-electron chi connectivity index (χ4n) is 8.63. The highest BCUT2D eigenvalue weighted by Crippen LogP contribution is 2.37. The minimum atomic E-state index is -1.48. The largest absolute Gasteiger partial charge is 0.462 e. The van der Waals surface area contributed by atoms with Crippen LogP contribution in [0.2, 0.25) is 0 Å². The fraction of sp³-hybridized carbons (Fsp3) is 0.739. The number of pyridine rings is 1. The van der Waals surface area contributed by atoms with Crippen LogP contribution in [0.3, 0.4) is 0 Å². The minimum Gasteiger partial charge on any atom is -0.462 e. The molecule has 0 spiro atoms. The molecule has 0 aliphatic carbocycles. The predicted molar refractivity (Wildman–Crippen MR) is 229 cm³/mol. The van der Waals surface area contributed by atoms with Crippen molar-refractivity contribution in [3.05, 3.63) is 54.4 Å². The number of carbonyl (C=O) groups is 3. The number of nitrogens with one attached hydrogen (secondary N) is 1. The molecule has 1 aromatic rings. The number of cyclic esters (lactones) is 1. The van der Waals surface area contributed by atoms with E-state index in [4.69, 9.17) is 33.2 Å². The van der Waals surface area contributed by atoms with Gasteiger partial charge in [-0.15, -0.1) is 0 Å². The van der Waals surface area contributed by atoms with Crippen LogP contribution in [0.15, 0.2) is 48.8 Å². The van der Waals surface area contributed by atoms with Crippen molar-refractivity contribution in [1.82, 2.24) is 15.2 Å². The van der Waals surface area contributed by atoms with Gasteiger partial charge in [-0.25, -0.2) is 0 Å². The van der Waals surface area contributed by atoms with E-state index in [-0.39, 0.29) is 24.5 Å². The maximum Gasteiger partial charge on any atom is 0.308 e. The third kappa shape index (κ3) is 15.0. The first-order chi connectivity index (χ1) is 29.3. The summed E-state index contributed by atoms with van der Waals surface area (Å²) >= 11 is 0. The third-order valence-corrected chi connectivity index (χ3v) is 11.8. The molecule has 0 unspecified atom stereocenters. The molecular weight excluding hydrogens is 803 g/mol. The van der Waals surface area contributed by atoms with E-state index in [0.29, 0.717) is 32.4 Å². The van der Waals surface area contributed by atoms with Gasteiger partial charge >= 0.3 is 11.9 Å². The Kier molecular flexibility index (Phi) is 20.1. The smallest absolute Gasteiger partial charge is 0.308 e. The Morgan fingerprint density at radius 3 is 2.44 bits per heavy atom. The quantitative estimate of drug-likeness (QED) is 0.156. The van der Waals surface area contributed by atoms with Gasteiger partial charge in [0.15, 0.2) is 24.5 Å². The number of aliphatic hydroxyl groups is 3. The van der Waals surface area contributed by atoms with Gasteiger partial charge in [-0.3, -0.25) is 19.4 Å². The van der Waals surface area contributed by atoms with Gasteiger partial charge in [-0.1, -0.05) is 45.1 Å². The van der Waals surface area contributed by atoms with Crippen LogP contribution in [0.5, 0.6) is 0 Å². The molecule has 15 atom stereocenters. The number of carbonyl (C=O) groups excluding carboxylic acids is 3. The molecule has 2 saturated heterocycles.